The van der Waals surface area contributed by atoms with Gasteiger partial charge >= 0.3 is 5.97 Å². The first-order valence-electron chi connectivity index (χ1n) is 6.49. The van der Waals surface area contributed by atoms with Crippen LogP contribution in [0, 0.1) is 0 Å². The Kier molecular flexibility index (Phi) is 4.32. The summed E-state index contributed by atoms with van der Waals surface area (Å²) in [6, 6.07) is 6.12. The molecule has 114 valence electrons. The normalized spacial score (nSPS) is 18.6. The largest absolute Gasteiger partial charge is 0.465 e. The molecule has 1 saturated heterocycles. The number of amides is 1. The molecule has 0 spiro atoms. The SMILES string of the molecule is COC(=O)c1ccc(C(=O)N2CC[C@H](S(C)(=O)=O)C2)cc1. The molecule has 1 amide bonds. The Labute approximate surface area is 123 Å². The van der Waals surface area contributed by atoms with Crippen molar-refractivity contribution in [3.05, 3.63) is 35.4 Å². The van der Waals surface area contributed by atoms with Crippen LogP contribution in [-0.4, -0.2) is 56.9 Å². The number of sulfone groups is 1. The van der Waals surface area contributed by atoms with Gasteiger partial charge in [0.15, 0.2) is 9.84 Å². The van der Waals surface area contributed by atoms with Crippen molar-refractivity contribution >= 4 is 21.7 Å². The van der Waals surface area contributed by atoms with Crippen LogP contribution in [0.5, 0.6) is 0 Å². The predicted octanol–water partition coefficient (Wildman–Crippen LogP) is 0.732. The van der Waals surface area contributed by atoms with Crippen molar-refractivity contribution in [2.75, 3.05) is 26.5 Å². The lowest BCUT2D eigenvalue weighted by Gasteiger charge is -2.16. The molecule has 2 rings (SSSR count). The van der Waals surface area contributed by atoms with Crippen molar-refractivity contribution in [2.45, 2.75) is 11.7 Å². The van der Waals surface area contributed by atoms with Crippen LogP contribution >= 0.6 is 0 Å². The number of nitrogens with zero attached hydrogens (tertiary/aromatic N) is 1. The van der Waals surface area contributed by atoms with Crippen LogP contribution < -0.4 is 0 Å². The van der Waals surface area contributed by atoms with Gasteiger partial charge in [0, 0.05) is 24.9 Å². The van der Waals surface area contributed by atoms with Crippen LogP contribution in [0.2, 0.25) is 0 Å². The van der Waals surface area contributed by atoms with Gasteiger partial charge in [0.05, 0.1) is 17.9 Å². The van der Waals surface area contributed by atoms with E-state index in [-0.39, 0.29) is 12.5 Å². The summed E-state index contributed by atoms with van der Waals surface area (Å²) in [6.07, 6.45) is 1.65. The molecule has 6 nitrogen and oxygen atoms in total. The number of hydrogen-bond donors (Lipinski definition) is 0. The van der Waals surface area contributed by atoms with E-state index >= 15 is 0 Å². The lowest BCUT2D eigenvalue weighted by molar-refractivity contribution is 0.0600. The smallest absolute Gasteiger partial charge is 0.337 e. The maximum absolute atomic E-state index is 12.3. The summed E-state index contributed by atoms with van der Waals surface area (Å²) < 4.78 is 27.6. The number of methoxy groups -OCH3 is 1. The third-order valence-electron chi connectivity index (χ3n) is 3.59. The molecule has 0 aliphatic carbocycles. The second kappa shape index (κ2) is 5.85. The molecule has 0 unspecified atom stereocenters. The Morgan fingerprint density at radius 1 is 1.19 bits per heavy atom. The molecule has 0 radical (unpaired) electrons. The van der Waals surface area contributed by atoms with E-state index in [0.29, 0.717) is 24.1 Å². The van der Waals surface area contributed by atoms with E-state index in [1.165, 1.54) is 30.4 Å². The van der Waals surface area contributed by atoms with Crippen molar-refractivity contribution in [3.8, 4) is 0 Å². The summed E-state index contributed by atoms with van der Waals surface area (Å²) >= 11 is 0. The van der Waals surface area contributed by atoms with E-state index in [2.05, 4.69) is 4.74 Å². The van der Waals surface area contributed by atoms with Gasteiger partial charge in [-0.05, 0) is 30.7 Å². The minimum absolute atomic E-state index is 0.219. The fraction of sp³-hybridized carbons (Fsp3) is 0.429. The van der Waals surface area contributed by atoms with Gasteiger partial charge in [0.1, 0.15) is 0 Å². The number of benzene rings is 1. The number of carbonyl (C=O) groups is 2. The van der Waals surface area contributed by atoms with Gasteiger partial charge in [0.25, 0.3) is 5.91 Å². The molecule has 21 heavy (non-hydrogen) atoms. The van der Waals surface area contributed by atoms with E-state index in [1.807, 2.05) is 0 Å². The molecule has 1 aliphatic rings. The molecule has 0 saturated carbocycles. The summed E-state index contributed by atoms with van der Waals surface area (Å²) in [7, 11) is -1.84. The molecule has 1 aromatic carbocycles. The summed E-state index contributed by atoms with van der Waals surface area (Å²) in [4.78, 5) is 25.1. The van der Waals surface area contributed by atoms with Crippen LogP contribution in [0.3, 0.4) is 0 Å². The Balaban J connectivity index is 2.09. The molecule has 0 aromatic heterocycles. The number of carbonyl (C=O) groups excluding carboxylic acids is 2. The maximum atomic E-state index is 12.3. The van der Waals surface area contributed by atoms with E-state index < -0.39 is 21.1 Å². The third kappa shape index (κ3) is 3.41. The van der Waals surface area contributed by atoms with Crippen LogP contribution in [0.1, 0.15) is 27.1 Å². The van der Waals surface area contributed by atoms with E-state index in [9.17, 15) is 18.0 Å². The summed E-state index contributed by atoms with van der Waals surface area (Å²) in [5, 5.41) is -0.490. The summed E-state index contributed by atoms with van der Waals surface area (Å²) in [5.74, 6) is -0.690. The first-order chi connectivity index (χ1) is 9.82. The highest BCUT2D eigenvalue weighted by atomic mass is 32.2. The van der Waals surface area contributed by atoms with Gasteiger partial charge in [-0.2, -0.15) is 0 Å². The first-order valence-corrected chi connectivity index (χ1v) is 8.45. The Morgan fingerprint density at radius 3 is 2.24 bits per heavy atom. The van der Waals surface area contributed by atoms with E-state index in [1.54, 1.807) is 12.1 Å². The highest BCUT2D eigenvalue weighted by Gasteiger charge is 2.32. The van der Waals surface area contributed by atoms with Gasteiger partial charge in [0.2, 0.25) is 0 Å². The Bertz CT molecular complexity index is 650. The first kappa shape index (κ1) is 15.5. The highest BCUT2D eigenvalue weighted by Crippen LogP contribution is 2.19. The number of likely N-dealkylation sites (tertiary alicyclic amines) is 1. The Morgan fingerprint density at radius 2 is 1.76 bits per heavy atom. The number of esters is 1. The average molecular weight is 311 g/mol. The lowest BCUT2D eigenvalue weighted by atomic mass is 10.1. The van der Waals surface area contributed by atoms with Gasteiger partial charge in [-0.3, -0.25) is 4.79 Å². The molecule has 1 fully saturated rings. The second-order valence-electron chi connectivity index (χ2n) is 5.06. The van der Waals surface area contributed by atoms with Crippen molar-refractivity contribution in [1.82, 2.24) is 4.90 Å². The zero-order valence-corrected chi connectivity index (χ0v) is 12.7. The van der Waals surface area contributed by atoms with Crippen LogP contribution in [-0.2, 0) is 14.6 Å². The quantitative estimate of drug-likeness (QED) is 0.769. The zero-order valence-electron chi connectivity index (χ0n) is 11.9. The number of hydrogen-bond acceptors (Lipinski definition) is 5. The minimum atomic E-state index is -3.13. The van der Waals surface area contributed by atoms with Crippen LogP contribution in [0.4, 0.5) is 0 Å². The van der Waals surface area contributed by atoms with Gasteiger partial charge in [-0.1, -0.05) is 0 Å². The van der Waals surface area contributed by atoms with Crippen molar-refractivity contribution in [1.29, 1.82) is 0 Å². The van der Waals surface area contributed by atoms with Crippen LogP contribution in [0.25, 0.3) is 0 Å². The topological polar surface area (TPSA) is 80.8 Å². The van der Waals surface area contributed by atoms with Crippen molar-refractivity contribution < 1.29 is 22.7 Å². The molecule has 1 heterocycles. The number of rotatable bonds is 3. The van der Waals surface area contributed by atoms with E-state index in [0.717, 1.165) is 0 Å². The van der Waals surface area contributed by atoms with Gasteiger partial charge in [-0.25, -0.2) is 13.2 Å². The average Bonchev–Trinajstić information content (AvgIpc) is 2.95. The molecule has 1 aromatic rings. The minimum Gasteiger partial charge on any atom is -0.465 e. The predicted molar refractivity (Wildman–Crippen MR) is 76.9 cm³/mol. The maximum Gasteiger partial charge on any atom is 0.337 e. The lowest BCUT2D eigenvalue weighted by Crippen LogP contribution is -2.31. The standard InChI is InChI=1S/C14H17NO5S/c1-20-14(17)11-5-3-10(4-6-11)13(16)15-8-7-12(9-15)21(2,18)19/h3-6,12H,7-9H2,1-2H3/t12-/m0/s1. The summed E-state index contributed by atoms with van der Waals surface area (Å²) in [6.45, 7) is 0.645. The molecule has 1 atom stereocenters. The van der Waals surface area contributed by atoms with Crippen molar-refractivity contribution in [2.24, 2.45) is 0 Å². The fourth-order valence-electron chi connectivity index (χ4n) is 2.31. The molecule has 7 heteroatoms. The Hall–Kier alpha value is -1.89. The van der Waals surface area contributed by atoms with E-state index in [4.69, 9.17) is 0 Å². The molecule has 0 N–H and O–H groups in total. The second-order valence-corrected chi connectivity index (χ2v) is 7.39. The monoisotopic (exact) mass is 311 g/mol. The number of ether oxygens (including phenoxy) is 1. The molecular weight excluding hydrogens is 294 g/mol. The van der Waals surface area contributed by atoms with Gasteiger partial charge < -0.3 is 9.64 Å². The van der Waals surface area contributed by atoms with Gasteiger partial charge in [-0.15, -0.1) is 0 Å². The molecule has 1 aliphatic heterocycles. The molecule has 0 bridgehead atoms. The third-order valence-corrected chi connectivity index (χ3v) is 5.19. The van der Waals surface area contributed by atoms with Crippen molar-refractivity contribution in [3.63, 3.8) is 0 Å². The fourth-order valence-corrected chi connectivity index (χ4v) is 3.30. The molecular formula is C14H17NO5S. The summed E-state index contributed by atoms with van der Waals surface area (Å²) in [5.41, 5.74) is 0.793. The highest BCUT2D eigenvalue weighted by molar-refractivity contribution is 7.91. The zero-order chi connectivity index (χ0) is 15.6. The van der Waals surface area contributed by atoms with Crippen LogP contribution in [0.15, 0.2) is 24.3 Å².